The second-order valence-electron chi connectivity index (χ2n) is 15.0. The van der Waals surface area contributed by atoms with Crippen LogP contribution >= 0.6 is 11.3 Å². The summed E-state index contributed by atoms with van der Waals surface area (Å²) in [6.45, 7) is 4.66. The zero-order chi connectivity index (χ0) is 38.1. The number of hydrogen-bond donors (Lipinski definition) is 0. The van der Waals surface area contributed by atoms with Gasteiger partial charge in [-0.15, -0.1) is 41.2 Å². The minimum atomic E-state index is -0.172. The average molecular weight is 941 g/mol. The van der Waals surface area contributed by atoms with Crippen LogP contribution in [0.1, 0.15) is 25.0 Å². The van der Waals surface area contributed by atoms with Crippen LogP contribution in [0.2, 0.25) is 0 Å². The topological polar surface area (TPSA) is 56.5 Å². The summed E-state index contributed by atoms with van der Waals surface area (Å²) in [7, 11) is 0. The Hall–Kier alpha value is -6.37. The summed E-state index contributed by atoms with van der Waals surface area (Å²) in [6, 6.07) is 60.9. The van der Waals surface area contributed by atoms with Gasteiger partial charge >= 0.3 is 0 Å². The van der Waals surface area contributed by atoms with E-state index in [9.17, 15) is 0 Å². The van der Waals surface area contributed by atoms with E-state index in [1.54, 1.807) is 11.3 Å². The average Bonchev–Trinajstić information content (AvgIpc) is 3.95. The quantitative estimate of drug-likeness (QED) is 0.156. The van der Waals surface area contributed by atoms with Crippen LogP contribution in [-0.2, 0) is 25.5 Å². The van der Waals surface area contributed by atoms with Gasteiger partial charge in [-0.1, -0.05) is 123 Å². The van der Waals surface area contributed by atoms with Crippen LogP contribution < -0.4 is 0 Å². The Morgan fingerprint density at radius 1 is 0.534 bits per heavy atom. The van der Waals surface area contributed by atoms with Crippen molar-refractivity contribution in [3.8, 4) is 72.0 Å². The zero-order valence-electron chi connectivity index (χ0n) is 31.6. The van der Waals surface area contributed by atoms with Gasteiger partial charge in [-0.3, -0.25) is 4.57 Å². The van der Waals surface area contributed by atoms with Crippen molar-refractivity contribution in [2.24, 2.45) is 0 Å². The number of rotatable bonds is 6. The van der Waals surface area contributed by atoms with Gasteiger partial charge in [0.2, 0.25) is 5.95 Å². The molecule has 7 heteroatoms. The summed E-state index contributed by atoms with van der Waals surface area (Å²) in [4.78, 5) is 22.4. The fraction of sp³-hybridized carbons (Fsp3) is 0.0588. The third kappa shape index (κ3) is 5.93. The van der Waals surface area contributed by atoms with E-state index < -0.39 is 0 Å². The van der Waals surface area contributed by atoms with Crippen molar-refractivity contribution in [3.63, 3.8) is 0 Å². The fourth-order valence-electron chi connectivity index (χ4n) is 8.42. The van der Waals surface area contributed by atoms with E-state index in [0.717, 1.165) is 55.3 Å². The maximum absolute atomic E-state index is 5.22. The first kappa shape index (κ1) is 36.0. The maximum atomic E-state index is 5.22. The van der Waals surface area contributed by atoms with Crippen molar-refractivity contribution in [1.82, 2.24) is 24.5 Å². The van der Waals surface area contributed by atoms with Crippen LogP contribution in [0.5, 0.6) is 0 Å². The monoisotopic (exact) mass is 941 g/mol. The van der Waals surface area contributed by atoms with Crippen LogP contribution in [0.3, 0.4) is 0 Å². The van der Waals surface area contributed by atoms with Crippen molar-refractivity contribution < 1.29 is 20.1 Å². The normalized spacial score (nSPS) is 12.7. The smallest absolute Gasteiger partial charge is 0.238 e. The van der Waals surface area contributed by atoms with Crippen LogP contribution in [0.4, 0.5) is 0 Å². The molecule has 5 nitrogen and oxygen atoms in total. The van der Waals surface area contributed by atoms with Gasteiger partial charge in [0, 0.05) is 63.4 Å². The molecule has 0 aliphatic heterocycles. The largest absolute Gasteiger partial charge is 0.305 e. The molecule has 0 spiro atoms. The number of benzene rings is 6. The number of nitrogens with zero attached hydrogens (tertiary/aromatic N) is 5. The molecule has 10 aromatic rings. The van der Waals surface area contributed by atoms with Gasteiger partial charge in [0.1, 0.15) is 0 Å². The van der Waals surface area contributed by atoms with Crippen molar-refractivity contribution in [3.05, 3.63) is 187 Å². The molecule has 4 aromatic heterocycles. The Balaban J connectivity index is 0.00000408. The fourth-order valence-corrected chi connectivity index (χ4v) is 9.42. The van der Waals surface area contributed by atoms with Crippen molar-refractivity contribution >= 4 is 33.1 Å². The van der Waals surface area contributed by atoms with Gasteiger partial charge in [0.05, 0.1) is 11.0 Å². The Labute approximate surface area is 354 Å². The number of hydrogen-bond acceptors (Lipinski definition) is 5. The number of fused-ring (bicyclic) bond motifs is 6. The molecule has 1 radical (unpaired) electrons. The van der Waals surface area contributed by atoms with Crippen LogP contribution in [0.25, 0.3) is 93.8 Å². The van der Waals surface area contributed by atoms with E-state index in [0.29, 0.717) is 17.6 Å². The molecular formula is C51H34IrN5S-. The first-order valence-electron chi connectivity index (χ1n) is 19.1. The number of aromatic nitrogens is 5. The van der Waals surface area contributed by atoms with Crippen molar-refractivity contribution in [2.45, 2.75) is 19.3 Å². The molecule has 11 rings (SSSR count). The minimum absolute atomic E-state index is 0. The molecule has 1 aliphatic rings. The Bertz CT molecular complexity index is 3100. The molecule has 0 saturated heterocycles. The molecule has 4 heterocycles. The summed E-state index contributed by atoms with van der Waals surface area (Å²) in [5.74, 6) is 1.86. The summed E-state index contributed by atoms with van der Waals surface area (Å²) in [5, 5.41) is 2.31. The van der Waals surface area contributed by atoms with Gasteiger partial charge < -0.3 is 4.98 Å². The van der Waals surface area contributed by atoms with E-state index in [-0.39, 0.29) is 25.5 Å². The van der Waals surface area contributed by atoms with Gasteiger partial charge in [0.25, 0.3) is 0 Å². The molecule has 0 unspecified atom stereocenters. The van der Waals surface area contributed by atoms with Crippen LogP contribution in [0, 0.1) is 6.07 Å². The molecule has 279 valence electrons. The van der Waals surface area contributed by atoms with Crippen molar-refractivity contribution in [1.29, 1.82) is 0 Å². The molecular weight excluding hydrogens is 907 g/mol. The molecule has 0 saturated carbocycles. The van der Waals surface area contributed by atoms with Gasteiger partial charge in [-0.25, -0.2) is 4.98 Å². The van der Waals surface area contributed by atoms with E-state index in [1.807, 2.05) is 66.9 Å². The maximum Gasteiger partial charge on any atom is 0.238 e. The van der Waals surface area contributed by atoms with Crippen LogP contribution in [0.15, 0.2) is 170 Å². The first-order chi connectivity index (χ1) is 28.0. The Kier molecular flexibility index (Phi) is 8.83. The van der Waals surface area contributed by atoms with Gasteiger partial charge in [-0.05, 0) is 76.0 Å². The predicted molar refractivity (Wildman–Crippen MR) is 233 cm³/mol. The SMILES string of the molecule is CC1(C)c2ccccc2-c2cc3c4cc(-c5ccc(-c6cc[c-]c(-c7ccccn7)c6)s5)ccc4n(-c4nc(-c5ccccc5)nc(-c5ccccc5)n4)c3cc21.[Ir]. The van der Waals surface area contributed by atoms with Gasteiger partial charge in [-0.2, -0.15) is 9.97 Å². The Morgan fingerprint density at radius 2 is 1.19 bits per heavy atom. The second kappa shape index (κ2) is 14.2. The molecule has 6 aromatic carbocycles. The molecule has 58 heavy (non-hydrogen) atoms. The van der Waals surface area contributed by atoms with Gasteiger partial charge in [0.15, 0.2) is 11.6 Å². The summed E-state index contributed by atoms with van der Waals surface area (Å²) >= 11 is 1.80. The summed E-state index contributed by atoms with van der Waals surface area (Å²) in [6.07, 6.45) is 1.82. The summed E-state index contributed by atoms with van der Waals surface area (Å²) < 4.78 is 2.24. The third-order valence-corrected chi connectivity index (χ3v) is 12.5. The second-order valence-corrected chi connectivity index (χ2v) is 16.1. The zero-order valence-corrected chi connectivity index (χ0v) is 34.9. The van der Waals surface area contributed by atoms with E-state index in [2.05, 4.69) is 133 Å². The Morgan fingerprint density at radius 3 is 1.90 bits per heavy atom. The first-order valence-corrected chi connectivity index (χ1v) is 19.9. The molecule has 1 aliphatic carbocycles. The van der Waals surface area contributed by atoms with Crippen molar-refractivity contribution in [2.75, 3.05) is 0 Å². The molecule has 0 atom stereocenters. The third-order valence-electron chi connectivity index (χ3n) is 11.3. The summed E-state index contributed by atoms with van der Waals surface area (Å²) in [5.41, 5.74) is 13.3. The van der Waals surface area contributed by atoms with E-state index in [1.165, 1.54) is 32.0 Å². The molecule has 0 fully saturated rings. The minimum Gasteiger partial charge on any atom is -0.305 e. The van der Waals surface area contributed by atoms with Crippen LogP contribution in [-0.4, -0.2) is 24.5 Å². The number of pyridine rings is 1. The molecule has 0 amide bonds. The predicted octanol–water partition coefficient (Wildman–Crippen LogP) is 12.9. The molecule has 0 bridgehead atoms. The van der Waals surface area contributed by atoms with E-state index in [4.69, 9.17) is 15.0 Å². The van der Waals surface area contributed by atoms with E-state index >= 15 is 0 Å². The molecule has 0 N–H and O–H groups in total. The number of thiophene rings is 1. The standard InChI is InChI=1S/C51H34N5S.Ir/c1-51(2)41-21-10-9-20-37(41)38-30-40-39-29-36(47-26-25-46(57-47)35-19-13-18-34(28-35)43-22-11-12-27-52-43)23-24-44(39)56(45(40)31-42(38)51)50-54-48(32-14-5-3-6-15-32)53-49(55-50)33-16-7-4-8-17-33;/h3-17,19-31H,1-2H3;/q-1;.